The molecule has 0 fully saturated rings. The average molecular weight is 233 g/mol. The molecule has 5 heteroatoms. The number of anilines is 1. The Hall–Kier alpha value is -1.85. The van der Waals surface area contributed by atoms with Crippen LogP contribution in [-0.4, -0.2) is 26.2 Å². The van der Waals surface area contributed by atoms with Gasteiger partial charge in [0.25, 0.3) is 0 Å². The summed E-state index contributed by atoms with van der Waals surface area (Å²) in [6, 6.07) is 9.70. The summed E-state index contributed by atoms with van der Waals surface area (Å²) >= 11 is 0. The Labute approximate surface area is 99.8 Å². The Morgan fingerprint density at radius 2 is 2.18 bits per heavy atom. The van der Waals surface area contributed by atoms with Crippen LogP contribution in [0, 0.1) is 0 Å². The zero-order chi connectivity index (χ0) is 12.3. The van der Waals surface area contributed by atoms with Crippen molar-refractivity contribution in [3.8, 4) is 0 Å². The van der Waals surface area contributed by atoms with E-state index in [4.69, 9.17) is 10.5 Å². The zero-order valence-electron chi connectivity index (χ0n) is 9.64. The van der Waals surface area contributed by atoms with Crippen LogP contribution in [0.15, 0.2) is 41.6 Å². The normalized spacial score (nSPS) is 15.3. The predicted octanol–water partition coefficient (Wildman–Crippen LogP) is 0.397. The number of nitrogens with two attached hydrogens (primary N) is 1. The number of nitrogens with one attached hydrogen (secondary N) is 1. The lowest BCUT2D eigenvalue weighted by Crippen LogP contribution is -2.33. The average Bonchev–Trinajstić information content (AvgIpc) is 2.82. The maximum atomic E-state index is 11.6. The van der Waals surface area contributed by atoms with Gasteiger partial charge in [-0.3, -0.25) is 5.01 Å². The standard InChI is InChI=1S/C12H15N3O2/c1-17-12(16)10-8-14-15(11(10)7-13)9-5-3-2-4-6-9/h2-6,14H,7-8,13H2,1H3. The van der Waals surface area contributed by atoms with E-state index in [9.17, 15) is 4.79 Å². The van der Waals surface area contributed by atoms with Gasteiger partial charge in [-0.2, -0.15) is 0 Å². The minimum absolute atomic E-state index is 0.284. The lowest BCUT2D eigenvalue weighted by Gasteiger charge is -2.21. The first-order valence-electron chi connectivity index (χ1n) is 5.37. The van der Waals surface area contributed by atoms with E-state index in [-0.39, 0.29) is 12.5 Å². The summed E-state index contributed by atoms with van der Waals surface area (Å²) in [5.74, 6) is -0.337. The summed E-state index contributed by atoms with van der Waals surface area (Å²) in [6.45, 7) is 0.723. The third-order valence-electron chi connectivity index (χ3n) is 2.67. The minimum atomic E-state index is -0.337. The quantitative estimate of drug-likeness (QED) is 0.740. The second kappa shape index (κ2) is 4.99. The van der Waals surface area contributed by atoms with E-state index in [1.54, 1.807) is 0 Å². The van der Waals surface area contributed by atoms with Gasteiger partial charge < -0.3 is 10.5 Å². The summed E-state index contributed by atoms with van der Waals surface area (Å²) in [7, 11) is 1.37. The smallest absolute Gasteiger partial charge is 0.337 e. The molecule has 1 aliphatic rings. The Bertz CT molecular complexity index is 442. The Kier molecular flexibility index (Phi) is 3.41. The number of para-hydroxylation sites is 1. The number of benzene rings is 1. The molecule has 1 heterocycles. The van der Waals surface area contributed by atoms with Crippen LogP contribution in [0.4, 0.5) is 5.69 Å². The van der Waals surface area contributed by atoms with Gasteiger partial charge in [0.05, 0.1) is 24.1 Å². The van der Waals surface area contributed by atoms with Crippen LogP contribution in [0.3, 0.4) is 0 Å². The molecule has 1 aromatic carbocycles. The van der Waals surface area contributed by atoms with Crippen molar-refractivity contribution in [2.75, 3.05) is 25.2 Å². The second-order valence-corrected chi connectivity index (χ2v) is 3.63. The first-order valence-corrected chi connectivity index (χ1v) is 5.37. The van der Waals surface area contributed by atoms with Gasteiger partial charge >= 0.3 is 5.97 Å². The van der Waals surface area contributed by atoms with Crippen molar-refractivity contribution < 1.29 is 9.53 Å². The van der Waals surface area contributed by atoms with Crippen molar-refractivity contribution in [2.45, 2.75) is 0 Å². The maximum Gasteiger partial charge on any atom is 0.337 e. The van der Waals surface area contributed by atoms with Gasteiger partial charge in [0, 0.05) is 13.1 Å². The number of carbonyl (C=O) groups excluding carboxylic acids is 1. The number of esters is 1. The van der Waals surface area contributed by atoms with Crippen molar-refractivity contribution >= 4 is 11.7 Å². The molecule has 0 atom stereocenters. The van der Waals surface area contributed by atoms with E-state index in [1.165, 1.54) is 7.11 Å². The highest BCUT2D eigenvalue weighted by atomic mass is 16.5. The fourth-order valence-electron chi connectivity index (χ4n) is 1.84. The van der Waals surface area contributed by atoms with Gasteiger partial charge in [-0.1, -0.05) is 18.2 Å². The summed E-state index contributed by atoms with van der Waals surface area (Å²) < 4.78 is 4.73. The molecule has 0 saturated heterocycles. The number of ether oxygens (including phenoxy) is 1. The maximum absolute atomic E-state index is 11.6. The molecule has 3 N–H and O–H groups in total. The van der Waals surface area contributed by atoms with E-state index < -0.39 is 0 Å². The summed E-state index contributed by atoms with van der Waals surface area (Å²) in [6.07, 6.45) is 0. The van der Waals surface area contributed by atoms with Crippen molar-refractivity contribution in [1.29, 1.82) is 0 Å². The summed E-state index contributed by atoms with van der Waals surface area (Å²) in [5.41, 5.74) is 11.1. The van der Waals surface area contributed by atoms with Crippen LogP contribution in [0.2, 0.25) is 0 Å². The SMILES string of the molecule is COC(=O)C1=C(CN)N(c2ccccc2)NC1. The first-order chi connectivity index (χ1) is 8.27. The molecule has 1 aromatic rings. The molecular formula is C12H15N3O2. The zero-order valence-corrected chi connectivity index (χ0v) is 9.64. The molecule has 0 saturated carbocycles. The molecule has 0 unspecified atom stereocenters. The fourth-order valence-corrected chi connectivity index (χ4v) is 1.84. The third kappa shape index (κ3) is 2.15. The molecule has 0 amide bonds. The molecule has 0 radical (unpaired) electrons. The Morgan fingerprint density at radius 3 is 2.76 bits per heavy atom. The molecule has 1 aliphatic heterocycles. The highest BCUT2D eigenvalue weighted by Gasteiger charge is 2.27. The van der Waals surface area contributed by atoms with Crippen LogP contribution in [0.5, 0.6) is 0 Å². The number of hydrogen-bond acceptors (Lipinski definition) is 5. The minimum Gasteiger partial charge on any atom is -0.466 e. The van der Waals surface area contributed by atoms with Gasteiger partial charge in [-0.05, 0) is 12.1 Å². The topological polar surface area (TPSA) is 67.6 Å². The molecule has 0 bridgehead atoms. The molecule has 90 valence electrons. The highest BCUT2D eigenvalue weighted by Crippen LogP contribution is 2.23. The largest absolute Gasteiger partial charge is 0.466 e. The number of methoxy groups -OCH3 is 1. The molecular weight excluding hydrogens is 218 g/mol. The summed E-state index contributed by atoms with van der Waals surface area (Å²) in [4.78, 5) is 11.6. The van der Waals surface area contributed by atoms with Crippen LogP contribution < -0.4 is 16.2 Å². The summed E-state index contributed by atoms with van der Waals surface area (Å²) in [5, 5.41) is 1.83. The van der Waals surface area contributed by atoms with Gasteiger partial charge in [0.15, 0.2) is 0 Å². The van der Waals surface area contributed by atoms with E-state index in [2.05, 4.69) is 5.43 Å². The molecule has 2 rings (SSSR count). The van der Waals surface area contributed by atoms with Crippen molar-refractivity contribution in [3.63, 3.8) is 0 Å². The number of hydrazine groups is 1. The Balaban J connectivity index is 2.33. The van der Waals surface area contributed by atoms with Crippen LogP contribution >= 0.6 is 0 Å². The molecule has 17 heavy (non-hydrogen) atoms. The fraction of sp³-hybridized carbons (Fsp3) is 0.250. The number of nitrogens with zero attached hydrogens (tertiary/aromatic N) is 1. The number of carbonyl (C=O) groups is 1. The Morgan fingerprint density at radius 1 is 1.47 bits per heavy atom. The van der Waals surface area contributed by atoms with Gasteiger partial charge in [-0.15, -0.1) is 0 Å². The van der Waals surface area contributed by atoms with Gasteiger partial charge in [0.2, 0.25) is 0 Å². The first kappa shape index (κ1) is 11.6. The van der Waals surface area contributed by atoms with E-state index in [0.29, 0.717) is 12.1 Å². The van der Waals surface area contributed by atoms with Crippen LogP contribution in [0.1, 0.15) is 0 Å². The lowest BCUT2D eigenvalue weighted by atomic mass is 10.2. The lowest BCUT2D eigenvalue weighted by molar-refractivity contribution is -0.136. The number of rotatable bonds is 3. The monoisotopic (exact) mass is 233 g/mol. The molecule has 0 aromatic heterocycles. The van der Waals surface area contributed by atoms with Crippen molar-refractivity contribution in [2.24, 2.45) is 5.73 Å². The van der Waals surface area contributed by atoms with E-state index in [0.717, 1.165) is 11.4 Å². The third-order valence-corrected chi connectivity index (χ3v) is 2.67. The van der Waals surface area contributed by atoms with Crippen LogP contribution in [-0.2, 0) is 9.53 Å². The highest BCUT2D eigenvalue weighted by molar-refractivity contribution is 5.91. The van der Waals surface area contributed by atoms with E-state index in [1.807, 2.05) is 35.3 Å². The van der Waals surface area contributed by atoms with Gasteiger partial charge in [0.1, 0.15) is 0 Å². The predicted molar refractivity (Wildman–Crippen MR) is 65.0 cm³/mol. The van der Waals surface area contributed by atoms with E-state index >= 15 is 0 Å². The molecule has 5 nitrogen and oxygen atoms in total. The number of hydrogen-bond donors (Lipinski definition) is 2. The van der Waals surface area contributed by atoms with Crippen molar-refractivity contribution in [3.05, 3.63) is 41.6 Å². The molecule has 0 aliphatic carbocycles. The second-order valence-electron chi connectivity index (χ2n) is 3.63. The van der Waals surface area contributed by atoms with Crippen molar-refractivity contribution in [1.82, 2.24) is 5.43 Å². The van der Waals surface area contributed by atoms with Crippen LogP contribution in [0.25, 0.3) is 0 Å². The molecule has 0 spiro atoms. The van der Waals surface area contributed by atoms with Gasteiger partial charge in [-0.25, -0.2) is 10.2 Å².